The fraction of sp³-hybridized carbons (Fsp3) is 0.286. The highest BCUT2D eigenvalue weighted by atomic mass is 19.4. The van der Waals surface area contributed by atoms with Crippen LogP contribution in [-0.2, 0) is 0 Å². The van der Waals surface area contributed by atoms with Crippen molar-refractivity contribution in [1.29, 1.82) is 0 Å². The van der Waals surface area contributed by atoms with Crippen LogP contribution in [0.5, 0.6) is 5.75 Å². The first-order valence-corrected chi connectivity index (χ1v) is 9.59. The highest BCUT2D eigenvalue weighted by Gasteiger charge is 2.31. The maximum atomic E-state index is 12.5. The summed E-state index contributed by atoms with van der Waals surface area (Å²) in [7, 11) is 4.00. The summed E-state index contributed by atoms with van der Waals surface area (Å²) in [5.41, 5.74) is 1.82. The first-order valence-electron chi connectivity index (χ1n) is 9.59. The number of pyridine rings is 1. The standard InChI is InChI=1S/C21H23F3N6O/c1-30(2)11-5-10-26-20-28-18(15-6-4-9-25-14-15)13-19(29-20)27-16-7-3-8-17(12-16)31-21(22,23)24/h3-4,6-9,12-14H,5,10-11H2,1-2H3,(H2,26,27,28,29). The van der Waals surface area contributed by atoms with E-state index < -0.39 is 6.36 Å². The van der Waals surface area contributed by atoms with E-state index in [2.05, 4.69) is 35.2 Å². The zero-order valence-corrected chi connectivity index (χ0v) is 17.1. The second-order valence-electron chi connectivity index (χ2n) is 6.99. The molecule has 1 aromatic carbocycles. The molecule has 0 radical (unpaired) electrons. The molecule has 0 spiro atoms. The lowest BCUT2D eigenvalue weighted by atomic mass is 10.2. The average molecular weight is 432 g/mol. The molecule has 0 saturated heterocycles. The molecule has 0 bridgehead atoms. The molecule has 3 rings (SSSR count). The Kier molecular flexibility index (Phi) is 7.24. The normalized spacial score (nSPS) is 11.4. The Morgan fingerprint density at radius 1 is 1.06 bits per heavy atom. The number of rotatable bonds is 9. The summed E-state index contributed by atoms with van der Waals surface area (Å²) < 4.78 is 41.5. The maximum absolute atomic E-state index is 12.5. The van der Waals surface area contributed by atoms with Crippen molar-refractivity contribution in [2.75, 3.05) is 37.8 Å². The Bertz CT molecular complexity index is 982. The van der Waals surface area contributed by atoms with Crippen molar-refractivity contribution in [3.05, 3.63) is 54.9 Å². The topological polar surface area (TPSA) is 75.2 Å². The van der Waals surface area contributed by atoms with E-state index in [0.29, 0.717) is 29.7 Å². The van der Waals surface area contributed by atoms with Gasteiger partial charge in [-0.15, -0.1) is 13.2 Å². The van der Waals surface area contributed by atoms with Crippen LogP contribution in [0.3, 0.4) is 0 Å². The molecule has 2 N–H and O–H groups in total. The van der Waals surface area contributed by atoms with Crippen molar-refractivity contribution < 1.29 is 17.9 Å². The Morgan fingerprint density at radius 2 is 1.90 bits per heavy atom. The number of hydrogen-bond acceptors (Lipinski definition) is 7. The fourth-order valence-electron chi connectivity index (χ4n) is 2.77. The van der Waals surface area contributed by atoms with Crippen molar-refractivity contribution >= 4 is 17.5 Å². The number of alkyl halides is 3. The molecular weight excluding hydrogens is 409 g/mol. The molecule has 0 atom stereocenters. The van der Waals surface area contributed by atoms with Crippen molar-refractivity contribution in [3.63, 3.8) is 0 Å². The van der Waals surface area contributed by atoms with E-state index >= 15 is 0 Å². The third-order valence-electron chi connectivity index (χ3n) is 4.09. The number of aromatic nitrogens is 3. The van der Waals surface area contributed by atoms with Gasteiger partial charge in [-0.25, -0.2) is 4.98 Å². The Morgan fingerprint density at radius 3 is 2.61 bits per heavy atom. The van der Waals surface area contributed by atoms with Gasteiger partial charge in [0.25, 0.3) is 0 Å². The van der Waals surface area contributed by atoms with Crippen LogP contribution >= 0.6 is 0 Å². The molecule has 2 heterocycles. The lowest BCUT2D eigenvalue weighted by molar-refractivity contribution is -0.274. The third kappa shape index (κ3) is 7.41. The Hall–Kier alpha value is -3.40. The average Bonchev–Trinajstić information content (AvgIpc) is 2.71. The number of benzene rings is 1. The van der Waals surface area contributed by atoms with Gasteiger partial charge in [-0.05, 0) is 51.3 Å². The summed E-state index contributed by atoms with van der Waals surface area (Å²) in [4.78, 5) is 15.2. The van der Waals surface area contributed by atoms with Crippen LogP contribution in [-0.4, -0.2) is 53.4 Å². The molecule has 0 aliphatic rings. The van der Waals surface area contributed by atoms with Gasteiger partial charge in [-0.3, -0.25) is 4.98 Å². The van der Waals surface area contributed by atoms with Crippen LogP contribution < -0.4 is 15.4 Å². The molecule has 2 aromatic heterocycles. The van der Waals surface area contributed by atoms with E-state index in [1.54, 1.807) is 30.6 Å². The van der Waals surface area contributed by atoms with Crippen LogP contribution in [0.15, 0.2) is 54.9 Å². The molecule has 0 aliphatic heterocycles. The SMILES string of the molecule is CN(C)CCCNc1nc(Nc2cccc(OC(F)(F)F)c2)cc(-c2cccnc2)n1. The number of nitrogens with zero attached hydrogens (tertiary/aromatic N) is 4. The molecule has 31 heavy (non-hydrogen) atoms. The fourth-order valence-corrected chi connectivity index (χ4v) is 2.77. The zero-order valence-electron chi connectivity index (χ0n) is 17.1. The van der Waals surface area contributed by atoms with E-state index in [9.17, 15) is 13.2 Å². The summed E-state index contributed by atoms with van der Waals surface area (Å²) in [6, 6.07) is 11.0. The predicted molar refractivity (Wildman–Crippen MR) is 113 cm³/mol. The molecular formula is C21H23F3N6O. The largest absolute Gasteiger partial charge is 0.573 e. The summed E-state index contributed by atoms with van der Waals surface area (Å²) >= 11 is 0. The van der Waals surface area contributed by atoms with Crippen molar-refractivity contribution in [3.8, 4) is 17.0 Å². The molecule has 0 unspecified atom stereocenters. The van der Waals surface area contributed by atoms with Gasteiger partial charge in [0, 0.05) is 42.3 Å². The van der Waals surface area contributed by atoms with Crippen LogP contribution in [0.4, 0.5) is 30.6 Å². The van der Waals surface area contributed by atoms with Crippen LogP contribution in [0.25, 0.3) is 11.3 Å². The van der Waals surface area contributed by atoms with Gasteiger partial charge >= 0.3 is 6.36 Å². The number of nitrogens with one attached hydrogen (secondary N) is 2. The van der Waals surface area contributed by atoms with E-state index in [1.165, 1.54) is 18.2 Å². The van der Waals surface area contributed by atoms with Crippen LogP contribution in [0.2, 0.25) is 0 Å². The molecule has 3 aromatic rings. The molecule has 0 saturated carbocycles. The third-order valence-corrected chi connectivity index (χ3v) is 4.09. The quantitative estimate of drug-likeness (QED) is 0.481. The van der Waals surface area contributed by atoms with Crippen molar-refractivity contribution in [2.45, 2.75) is 12.8 Å². The van der Waals surface area contributed by atoms with Gasteiger partial charge < -0.3 is 20.3 Å². The highest BCUT2D eigenvalue weighted by Crippen LogP contribution is 2.28. The number of ether oxygens (including phenoxy) is 1. The summed E-state index contributed by atoms with van der Waals surface area (Å²) in [6.45, 7) is 1.58. The number of anilines is 3. The van der Waals surface area contributed by atoms with E-state index in [1.807, 2.05) is 20.2 Å². The molecule has 7 nitrogen and oxygen atoms in total. The molecule has 0 aliphatic carbocycles. The number of halogens is 3. The molecule has 0 fully saturated rings. The Balaban J connectivity index is 1.83. The highest BCUT2D eigenvalue weighted by molar-refractivity contribution is 5.67. The molecule has 0 amide bonds. The zero-order chi connectivity index (χ0) is 22.3. The first-order chi connectivity index (χ1) is 14.8. The Labute approximate surface area is 178 Å². The van der Waals surface area contributed by atoms with Crippen molar-refractivity contribution in [2.24, 2.45) is 0 Å². The monoisotopic (exact) mass is 432 g/mol. The minimum absolute atomic E-state index is 0.318. The van der Waals surface area contributed by atoms with E-state index in [0.717, 1.165) is 18.5 Å². The second-order valence-corrected chi connectivity index (χ2v) is 6.99. The molecule has 10 heteroatoms. The predicted octanol–water partition coefficient (Wildman–Crippen LogP) is 4.54. The second kappa shape index (κ2) is 10.1. The van der Waals surface area contributed by atoms with E-state index in [-0.39, 0.29) is 5.75 Å². The smallest absolute Gasteiger partial charge is 0.406 e. The molecule has 164 valence electrons. The summed E-state index contributed by atoms with van der Waals surface area (Å²) in [6.07, 6.45) is -0.520. The van der Waals surface area contributed by atoms with Gasteiger partial charge in [-0.2, -0.15) is 4.98 Å². The maximum Gasteiger partial charge on any atom is 0.573 e. The van der Waals surface area contributed by atoms with Crippen LogP contribution in [0.1, 0.15) is 6.42 Å². The van der Waals surface area contributed by atoms with Gasteiger partial charge in [-0.1, -0.05) is 6.07 Å². The van der Waals surface area contributed by atoms with Gasteiger partial charge in [0.15, 0.2) is 0 Å². The minimum Gasteiger partial charge on any atom is -0.406 e. The van der Waals surface area contributed by atoms with Crippen molar-refractivity contribution in [1.82, 2.24) is 19.9 Å². The lowest BCUT2D eigenvalue weighted by Gasteiger charge is -2.14. The minimum atomic E-state index is -4.76. The van der Waals surface area contributed by atoms with Gasteiger partial charge in [0.1, 0.15) is 11.6 Å². The lowest BCUT2D eigenvalue weighted by Crippen LogP contribution is -2.17. The van der Waals surface area contributed by atoms with Gasteiger partial charge in [0.05, 0.1) is 5.69 Å². The van der Waals surface area contributed by atoms with Crippen LogP contribution in [0, 0.1) is 0 Å². The van der Waals surface area contributed by atoms with E-state index in [4.69, 9.17) is 0 Å². The number of hydrogen-bond donors (Lipinski definition) is 2. The first kappa shape index (κ1) is 22.3. The van der Waals surface area contributed by atoms with Gasteiger partial charge in [0.2, 0.25) is 5.95 Å². The summed E-state index contributed by atoms with van der Waals surface area (Å²) in [5.74, 6) is 0.513. The summed E-state index contributed by atoms with van der Waals surface area (Å²) in [5, 5.41) is 6.22.